The van der Waals surface area contributed by atoms with Crippen LogP contribution in [0.4, 0.5) is 5.82 Å². The number of carbonyl (C=O) groups is 1. The molecular formula is C21H36N4O. The molecule has 5 heteroatoms. The largest absolute Gasteiger partial charge is 0.309 e. The molecule has 1 aliphatic heterocycles. The summed E-state index contributed by atoms with van der Waals surface area (Å²) >= 11 is 0. The van der Waals surface area contributed by atoms with Crippen LogP contribution < -0.4 is 5.32 Å². The average molecular weight is 361 g/mol. The summed E-state index contributed by atoms with van der Waals surface area (Å²) in [6.07, 6.45) is 16.3. The number of H-pyrrole nitrogens is 1. The summed E-state index contributed by atoms with van der Waals surface area (Å²) in [6, 6.07) is 2.06. The molecule has 1 aliphatic carbocycles. The van der Waals surface area contributed by atoms with Gasteiger partial charge in [0.1, 0.15) is 0 Å². The smallest absolute Gasteiger partial charge is 0.226 e. The Hall–Kier alpha value is -1.36. The second-order valence-electron chi connectivity index (χ2n) is 8.16. The predicted octanol–water partition coefficient (Wildman–Crippen LogP) is 4.83. The van der Waals surface area contributed by atoms with Crippen LogP contribution in [0.5, 0.6) is 0 Å². The first-order chi connectivity index (χ1) is 12.8. The van der Waals surface area contributed by atoms with E-state index in [0.29, 0.717) is 18.2 Å². The fourth-order valence-electron chi connectivity index (χ4n) is 4.38. The van der Waals surface area contributed by atoms with Crippen molar-refractivity contribution in [2.24, 2.45) is 0 Å². The number of nitrogens with zero attached hydrogens (tertiary/aromatic N) is 2. The summed E-state index contributed by atoms with van der Waals surface area (Å²) < 4.78 is 0. The van der Waals surface area contributed by atoms with Crippen LogP contribution in [0.3, 0.4) is 0 Å². The Morgan fingerprint density at radius 1 is 1.00 bits per heavy atom. The SMILES string of the molecule is O=C(CCN1CCCCCC1)Nc1cc(C2CCCCCCCC2)[nH]n1. The average Bonchev–Trinajstić information content (AvgIpc) is 3.00. The third-order valence-electron chi connectivity index (χ3n) is 6.01. The van der Waals surface area contributed by atoms with Gasteiger partial charge < -0.3 is 10.2 Å². The van der Waals surface area contributed by atoms with Crippen molar-refractivity contribution in [3.8, 4) is 0 Å². The molecule has 1 saturated carbocycles. The number of carbonyl (C=O) groups excluding carboxylic acids is 1. The van der Waals surface area contributed by atoms with Gasteiger partial charge in [-0.25, -0.2) is 0 Å². The molecule has 2 aliphatic rings. The maximum atomic E-state index is 12.3. The van der Waals surface area contributed by atoms with E-state index in [-0.39, 0.29) is 5.91 Å². The highest BCUT2D eigenvalue weighted by Gasteiger charge is 2.17. The molecule has 2 fully saturated rings. The molecule has 0 aromatic carbocycles. The van der Waals surface area contributed by atoms with Crippen LogP contribution in [-0.4, -0.2) is 40.6 Å². The molecule has 26 heavy (non-hydrogen) atoms. The normalized spacial score (nSPS) is 21.4. The van der Waals surface area contributed by atoms with Gasteiger partial charge in [0.05, 0.1) is 0 Å². The standard InChI is InChI=1S/C21H36N4O/c26-21(13-16-25-14-9-5-6-10-15-25)22-20-17-19(23-24-20)18-11-7-3-1-2-4-8-12-18/h17-18H,1-16H2,(H2,22,23,24,26). The number of rotatable bonds is 5. The van der Waals surface area contributed by atoms with Crippen LogP contribution in [0.25, 0.3) is 0 Å². The maximum Gasteiger partial charge on any atom is 0.226 e. The molecule has 0 atom stereocenters. The Morgan fingerprint density at radius 2 is 1.62 bits per heavy atom. The van der Waals surface area contributed by atoms with E-state index in [1.54, 1.807) is 0 Å². The molecule has 2 N–H and O–H groups in total. The first-order valence-electron chi connectivity index (χ1n) is 10.9. The molecule has 0 unspecified atom stereocenters. The molecule has 0 bridgehead atoms. The minimum atomic E-state index is 0.0850. The summed E-state index contributed by atoms with van der Waals surface area (Å²) in [6.45, 7) is 3.15. The van der Waals surface area contributed by atoms with E-state index in [0.717, 1.165) is 19.6 Å². The minimum absolute atomic E-state index is 0.0850. The predicted molar refractivity (Wildman–Crippen MR) is 106 cm³/mol. The van der Waals surface area contributed by atoms with Crippen molar-refractivity contribution < 1.29 is 4.79 Å². The molecule has 1 aromatic heterocycles. The van der Waals surface area contributed by atoms with Crippen molar-refractivity contribution in [3.05, 3.63) is 11.8 Å². The van der Waals surface area contributed by atoms with E-state index < -0.39 is 0 Å². The number of nitrogens with one attached hydrogen (secondary N) is 2. The summed E-state index contributed by atoms with van der Waals surface area (Å²) in [5.41, 5.74) is 1.20. The van der Waals surface area contributed by atoms with Crippen LogP contribution in [0.2, 0.25) is 0 Å². The van der Waals surface area contributed by atoms with Gasteiger partial charge in [-0.05, 0) is 38.8 Å². The second-order valence-corrected chi connectivity index (χ2v) is 8.16. The van der Waals surface area contributed by atoms with Crippen LogP contribution in [0.15, 0.2) is 6.07 Å². The summed E-state index contributed by atoms with van der Waals surface area (Å²) in [5, 5.41) is 10.5. The Labute approximate surface area is 158 Å². The highest BCUT2D eigenvalue weighted by atomic mass is 16.1. The third kappa shape index (κ3) is 6.42. The Bertz CT molecular complexity index is 524. The molecule has 3 rings (SSSR count). The van der Waals surface area contributed by atoms with Gasteiger partial charge in [0.2, 0.25) is 5.91 Å². The first-order valence-corrected chi connectivity index (χ1v) is 10.9. The zero-order valence-corrected chi connectivity index (χ0v) is 16.3. The number of hydrogen-bond acceptors (Lipinski definition) is 3. The van der Waals surface area contributed by atoms with Crippen molar-refractivity contribution >= 4 is 11.7 Å². The molecular weight excluding hydrogens is 324 g/mol. The van der Waals surface area contributed by atoms with Gasteiger partial charge >= 0.3 is 0 Å². The van der Waals surface area contributed by atoms with Crippen LogP contribution in [0.1, 0.15) is 95.1 Å². The van der Waals surface area contributed by atoms with Gasteiger partial charge in [-0.1, -0.05) is 51.4 Å². The fourth-order valence-corrected chi connectivity index (χ4v) is 4.38. The van der Waals surface area contributed by atoms with Gasteiger partial charge in [-0.3, -0.25) is 9.89 Å². The zero-order chi connectivity index (χ0) is 18.0. The third-order valence-corrected chi connectivity index (χ3v) is 6.01. The van der Waals surface area contributed by atoms with E-state index >= 15 is 0 Å². The maximum absolute atomic E-state index is 12.3. The zero-order valence-electron chi connectivity index (χ0n) is 16.3. The second kappa shape index (κ2) is 10.7. The Kier molecular flexibility index (Phi) is 7.99. The highest BCUT2D eigenvalue weighted by molar-refractivity contribution is 5.89. The van der Waals surface area contributed by atoms with Gasteiger partial charge in [0.15, 0.2) is 5.82 Å². The summed E-state index contributed by atoms with van der Waals surface area (Å²) in [4.78, 5) is 14.7. The lowest BCUT2D eigenvalue weighted by Crippen LogP contribution is -2.28. The van der Waals surface area contributed by atoms with Crippen molar-refractivity contribution in [1.82, 2.24) is 15.1 Å². The molecule has 0 radical (unpaired) electrons. The summed E-state index contributed by atoms with van der Waals surface area (Å²) in [5.74, 6) is 1.35. The quantitative estimate of drug-likeness (QED) is 0.790. The monoisotopic (exact) mass is 360 g/mol. The van der Waals surface area contributed by atoms with Crippen molar-refractivity contribution in [2.75, 3.05) is 25.0 Å². The van der Waals surface area contributed by atoms with Gasteiger partial charge in [0.25, 0.3) is 0 Å². The van der Waals surface area contributed by atoms with Crippen LogP contribution in [0, 0.1) is 0 Å². The number of aromatic nitrogens is 2. The molecule has 146 valence electrons. The topological polar surface area (TPSA) is 61.0 Å². The molecule has 0 spiro atoms. The lowest BCUT2D eigenvalue weighted by Gasteiger charge is -2.18. The number of likely N-dealkylation sites (tertiary alicyclic amines) is 1. The van der Waals surface area contributed by atoms with E-state index in [1.165, 1.54) is 82.7 Å². The summed E-state index contributed by atoms with van der Waals surface area (Å²) in [7, 11) is 0. The van der Waals surface area contributed by atoms with E-state index in [9.17, 15) is 4.79 Å². The molecule has 1 amide bonds. The van der Waals surface area contributed by atoms with Crippen molar-refractivity contribution in [3.63, 3.8) is 0 Å². The molecule has 5 nitrogen and oxygen atoms in total. The van der Waals surface area contributed by atoms with Gasteiger partial charge in [0, 0.05) is 30.6 Å². The van der Waals surface area contributed by atoms with Crippen molar-refractivity contribution in [1.29, 1.82) is 0 Å². The molecule has 2 heterocycles. The molecule has 1 saturated heterocycles. The number of anilines is 1. The van der Waals surface area contributed by atoms with E-state index in [4.69, 9.17) is 0 Å². The van der Waals surface area contributed by atoms with Crippen molar-refractivity contribution in [2.45, 2.75) is 89.4 Å². The Morgan fingerprint density at radius 3 is 2.31 bits per heavy atom. The van der Waals surface area contributed by atoms with Crippen LogP contribution >= 0.6 is 0 Å². The lowest BCUT2D eigenvalue weighted by atomic mass is 9.94. The lowest BCUT2D eigenvalue weighted by molar-refractivity contribution is -0.116. The first kappa shape index (κ1) is 19.4. The van der Waals surface area contributed by atoms with Crippen LogP contribution in [-0.2, 0) is 4.79 Å². The Balaban J connectivity index is 1.45. The minimum Gasteiger partial charge on any atom is -0.309 e. The number of aromatic amines is 1. The van der Waals surface area contributed by atoms with E-state index in [2.05, 4.69) is 26.5 Å². The number of amides is 1. The fraction of sp³-hybridized carbons (Fsp3) is 0.810. The van der Waals surface area contributed by atoms with Gasteiger partial charge in [-0.2, -0.15) is 5.10 Å². The van der Waals surface area contributed by atoms with E-state index in [1.807, 2.05) is 0 Å². The number of hydrogen-bond donors (Lipinski definition) is 2. The van der Waals surface area contributed by atoms with Gasteiger partial charge in [-0.15, -0.1) is 0 Å². The molecule has 1 aromatic rings. The highest BCUT2D eigenvalue weighted by Crippen LogP contribution is 2.30.